The molecule has 1 rings (SSSR count). The number of anilines is 1. The lowest BCUT2D eigenvalue weighted by molar-refractivity contribution is -0.274. The minimum absolute atomic E-state index is 0.250. The van der Waals surface area contributed by atoms with Crippen molar-refractivity contribution >= 4 is 18.5 Å². The summed E-state index contributed by atoms with van der Waals surface area (Å²) in [5.74, 6) is -0.250. The highest BCUT2D eigenvalue weighted by Crippen LogP contribution is 2.23. The predicted molar refractivity (Wildman–Crippen MR) is 45.7 cm³/mol. The molecule has 1 aromatic rings. The van der Waals surface area contributed by atoms with E-state index in [-0.39, 0.29) is 5.75 Å². The first-order chi connectivity index (χ1) is 6.01. The van der Waals surface area contributed by atoms with Gasteiger partial charge in [-0.15, -0.1) is 13.2 Å². The molecule has 72 valence electrons. The summed E-state index contributed by atoms with van der Waals surface area (Å²) in [4.78, 5) is 0. The summed E-state index contributed by atoms with van der Waals surface area (Å²) in [6, 6.07) is 5.25. The van der Waals surface area contributed by atoms with E-state index in [1.165, 1.54) is 24.3 Å². The second-order valence-electron chi connectivity index (χ2n) is 2.18. The van der Waals surface area contributed by atoms with Gasteiger partial charge in [0.2, 0.25) is 0 Å². The van der Waals surface area contributed by atoms with Crippen molar-refractivity contribution in [3.8, 4) is 5.75 Å². The highest BCUT2D eigenvalue weighted by molar-refractivity contribution is 7.81. The lowest BCUT2D eigenvalue weighted by Crippen LogP contribution is -2.16. The van der Waals surface area contributed by atoms with E-state index in [0.29, 0.717) is 5.69 Å². The molecule has 0 heterocycles. The van der Waals surface area contributed by atoms with E-state index in [4.69, 9.17) is 0 Å². The first-order valence-corrected chi connectivity index (χ1v) is 3.72. The maximum absolute atomic E-state index is 11.7. The van der Waals surface area contributed by atoms with Gasteiger partial charge in [0.15, 0.2) is 0 Å². The van der Waals surface area contributed by atoms with Crippen LogP contribution >= 0.6 is 12.8 Å². The van der Waals surface area contributed by atoms with Crippen LogP contribution in [0.1, 0.15) is 0 Å². The van der Waals surface area contributed by atoms with Crippen LogP contribution in [-0.4, -0.2) is 6.36 Å². The van der Waals surface area contributed by atoms with E-state index in [1.807, 2.05) is 0 Å². The standard InChI is InChI=1S/C7H6F3NOS/c8-7(9,10)12-6-3-1-5(11-13)2-4-6/h1-4,11,13H. The van der Waals surface area contributed by atoms with Crippen molar-refractivity contribution in [3.63, 3.8) is 0 Å². The molecule has 0 unspecified atom stereocenters. The average molecular weight is 209 g/mol. The van der Waals surface area contributed by atoms with Gasteiger partial charge in [-0.1, -0.05) is 12.8 Å². The number of rotatable bonds is 2. The van der Waals surface area contributed by atoms with Crippen LogP contribution < -0.4 is 9.46 Å². The molecule has 0 amide bonds. The van der Waals surface area contributed by atoms with Gasteiger partial charge in [0.1, 0.15) is 5.75 Å². The van der Waals surface area contributed by atoms with Crippen LogP contribution in [0.2, 0.25) is 0 Å². The molecule has 1 N–H and O–H groups in total. The molecule has 0 aliphatic heterocycles. The summed E-state index contributed by atoms with van der Waals surface area (Å²) in [7, 11) is 0. The number of ether oxygens (including phenoxy) is 1. The van der Waals surface area contributed by atoms with Gasteiger partial charge in [-0.25, -0.2) is 0 Å². The van der Waals surface area contributed by atoms with Gasteiger partial charge in [0, 0.05) is 5.69 Å². The molecule has 1 aromatic carbocycles. The van der Waals surface area contributed by atoms with Crippen LogP contribution in [0.3, 0.4) is 0 Å². The first-order valence-electron chi connectivity index (χ1n) is 3.27. The predicted octanol–water partition coefficient (Wildman–Crippen LogP) is 2.84. The fourth-order valence-electron chi connectivity index (χ4n) is 0.731. The number of nitrogens with one attached hydrogen (secondary N) is 1. The number of hydrogen-bond donors (Lipinski definition) is 2. The normalized spacial score (nSPS) is 11.1. The third kappa shape index (κ3) is 3.45. The van der Waals surface area contributed by atoms with E-state index < -0.39 is 6.36 Å². The van der Waals surface area contributed by atoms with Crippen molar-refractivity contribution in [2.75, 3.05) is 4.72 Å². The molecule has 6 heteroatoms. The Hall–Kier alpha value is -1.04. The van der Waals surface area contributed by atoms with Crippen LogP contribution in [0.15, 0.2) is 24.3 Å². The Kier molecular flexibility index (Phi) is 2.92. The van der Waals surface area contributed by atoms with Gasteiger partial charge in [0.25, 0.3) is 0 Å². The molecule has 0 saturated carbocycles. The molecule has 2 nitrogen and oxygen atoms in total. The highest BCUT2D eigenvalue weighted by atomic mass is 32.1. The summed E-state index contributed by atoms with van der Waals surface area (Å²) in [6.07, 6.45) is -4.64. The Labute approximate surface area is 78.2 Å². The summed E-state index contributed by atoms with van der Waals surface area (Å²) in [6.45, 7) is 0. The number of hydrogen-bond acceptors (Lipinski definition) is 3. The number of halogens is 3. The zero-order chi connectivity index (χ0) is 9.90. The van der Waals surface area contributed by atoms with Gasteiger partial charge in [-0.3, -0.25) is 0 Å². The fourth-order valence-corrected chi connectivity index (χ4v) is 0.880. The van der Waals surface area contributed by atoms with E-state index in [9.17, 15) is 13.2 Å². The third-order valence-corrected chi connectivity index (χ3v) is 1.48. The minimum Gasteiger partial charge on any atom is -0.406 e. The van der Waals surface area contributed by atoms with E-state index >= 15 is 0 Å². The van der Waals surface area contributed by atoms with Gasteiger partial charge in [-0.05, 0) is 24.3 Å². The second-order valence-corrected chi connectivity index (χ2v) is 2.41. The molecule has 0 fully saturated rings. The highest BCUT2D eigenvalue weighted by Gasteiger charge is 2.30. The van der Waals surface area contributed by atoms with E-state index in [0.717, 1.165) is 0 Å². The quantitative estimate of drug-likeness (QED) is 0.731. The Balaban J connectivity index is 2.70. The molecule has 0 aliphatic rings. The second kappa shape index (κ2) is 3.78. The van der Waals surface area contributed by atoms with Gasteiger partial charge in [-0.2, -0.15) is 0 Å². The maximum Gasteiger partial charge on any atom is 0.573 e. The maximum atomic E-state index is 11.7. The Morgan fingerprint density at radius 1 is 1.15 bits per heavy atom. The zero-order valence-electron chi connectivity index (χ0n) is 6.30. The zero-order valence-corrected chi connectivity index (χ0v) is 7.19. The molecule has 0 spiro atoms. The first kappa shape index (κ1) is 10.0. The SMILES string of the molecule is FC(F)(F)Oc1ccc(NS)cc1. The van der Waals surface area contributed by atoms with Gasteiger partial charge >= 0.3 is 6.36 Å². The summed E-state index contributed by atoms with van der Waals surface area (Å²) < 4.78 is 41.1. The lowest BCUT2D eigenvalue weighted by atomic mass is 10.3. The monoisotopic (exact) mass is 209 g/mol. The van der Waals surface area contributed by atoms with Crippen LogP contribution in [0.4, 0.5) is 18.9 Å². The molecular formula is C7H6F3NOS. The van der Waals surface area contributed by atoms with Gasteiger partial charge < -0.3 is 9.46 Å². The number of alkyl halides is 3. The molecule has 0 atom stereocenters. The average Bonchev–Trinajstić information content (AvgIpc) is 2.03. The Morgan fingerprint density at radius 2 is 1.69 bits per heavy atom. The summed E-state index contributed by atoms with van der Waals surface area (Å²) in [5.41, 5.74) is 0.595. The van der Waals surface area contributed by atoms with Crippen LogP contribution in [0, 0.1) is 0 Å². The molecule has 13 heavy (non-hydrogen) atoms. The van der Waals surface area contributed by atoms with Gasteiger partial charge in [0.05, 0.1) is 0 Å². The topological polar surface area (TPSA) is 21.3 Å². The largest absolute Gasteiger partial charge is 0.573 e. The fraction of sp³-hybridized carbons (Fsp3) is 0.143. The van der Waals surface area contributed by atoms with Crippen molar-refractivity contribution in [3.05, 3.63) is 24.3 Å². The van der Waals surface area contributed by atoms with Crippen molar-refractivity contribution in [2.45, 2.75) is 6.36 Å². The van der Waals surface area contributed by atoms with Crippen molar-refractivity contribution in [1.29, 1.82) is 0 Å². The molecule has 0 aliphatic carbocycles. The number of benzene rings is 1. The molecule has 0 radical (unpaired) electrons. The third-order valence-electron chi connectivity index (χ3n) is 1.22. The van der Waals surface area contributed by atoms with Crippen LogP contribution in [-0.2, 0) is 0 Å². The Bertz CT molecular complexity index is 272. The lowest BCUT2D eigenvalue weighted by Gasteiger charge is -2.08. The number of thiol groups is 1. The van der Waals surface area contributed by atoms with Crippen LogP contribution in [0.25, 0.3) is 0 Å². The minimum atomic E-state index is -4.64. The van der Waals surface area contributed by atoms with Crippen LogP contribution in [0.5, 0.6) is 5.75 Å². The smallest absolute Gasteiger partial charge is 0.406 e. The summed E-state index contributed by atoms with van der Waals surface area (Å²) >= 11 is 3.72. The summed E-state index contributed by atoms with van der Waals surface area (Å²) in [5, 5.41) is 0. The molecule has 0 aromatic heterocycles. The van der Waals surface area contributed by atoms with E-state index in [1.54, 1.807) is 0 Å². The molecular weight excluding hydrogens is 203 g/mol. The van der Waals surface area contributed by atoms with E-state index in [2.05, 4.69) is 22.3 Å². The van der Waals surface area contributed by atoms with Crippen molar-refractivity contribution in [1.82, 2.24) is 0 Å². The van der Waals surface area contributed by atoms with Crippen molar-refractivity contribution in [2.24, 2.45) is 0 Å². The molecule has 0 bridgehead atoms. The Morgan fingerprint density at radius 3 is 2.08 bits per heavy atom. The van der Waals surface area contributed by atoms with Crippen molar-refractivity contribution < 1.29 is 17.9 Å². The molecule has 0 saturated heterocycles.